The number of aromatic nitrogens is 3. The lowest BCUT2D eigenvalue weighted by Gasteiger charge is -2.29. The summed E-state index contributed by atoms with van der Waals surface area (Å²) in [6.07, 6.45) is 5.31. The van der Waals surface area contributed by atoms with Crippen molar-refractivity contribution in [3.05, 3.63) is 88.5 Å². The van der Waals surface area contributed by atoms with Crippen LogP contribution in [-0.4, -0.2) is 27.4 Å². The first-order valence-corrected chi connectivity index (χ1v) is 10.9. The molecule has 0 atom stereocenters. The van der Waals surface area contributed by atoms with Gasteiger partial charge in [0.05, 0.1) is 11.8 Å². The lowest BCUT2D eigenvalue weighted by molar-refractivity contribution is 0.102. The molecule has 160 valence electrons. The van der Waals surface area contributed by atoms with Crippen molar-refractivity contribution in [3.63, 3.8) is 0 Å². The number of anilines is 4. The van der Waals surface area contributed by atoms with Crippen molar-refractivity contribution >= 4 is 45.1 Å². The second-order valence-corrected chi connectivity index (χ2v) is 8.28. The molecule has 4 aromatic rings. The minimum atomic E-state index is -0.240. The number of amides is 1. The molecular formula is C23H19BrN6O2. The number of halogens is 1. The monoisotopic (exact) mass is 490 g/mol. The Morgan fingerprint density at radius 2 is 1.97 bits per heavy atom. The largest absolute Gasteiger partial charge is 0.472 e. The summed E-state index contributed by atoms with van der Waals surface area (Å²) in [5, 5.41) is 6.04. The van der Waals surface area contributed by atoms with E-state index < -0.39 is 0 Å². The molecule has 5 rings (SSSR count). The molecule has 0 aliphatic carbocycles. The maximum Gasteiger partial charge on any atom is 0.258 e. The van der Waals surface area contributed by atoms with Crippen molar-refractivity contribution < 1.29 is 9.21 Å². The van der Waals surface area contributed by atoms with E-state index in [1.807, 2.05) is 24.3 Å². The molecular weight excluding hydrogens is 472 g/mol. The third-order valence-electron chi connectivity index (χ3n) is 5.18. The van der Waals surface area contributed by atoms with Crippen LogP contribution in [0.2, 0.25) is 0 Å². The molecule has 8 nitrogen and oxygen atoms in total. The van der Waals surface area contributed by atoms with Crippen molar-refractivity contribution in [3.8, 4) is 0 Å². The van der Waals surface area contributed by atoms with Crippen molar-refractivity contribution in [2.45, 2.75) is 13.0 Å². The van der Waals surface area contributed by atoms with Crippen LogP contribution in [0.5, 0.6) is 0 Å². The highest BCUT2D eigenvalue weighted by atomic mass is 79.9. The third-order valence-corrected chi connectivity index (χ3v) is 5.68. The van der Waals surface area contributed by atoms with Crippen LogP contribution in [0.3, 0.4) is 0 Å². The predicted octanol–water partition coefficient (Wildman–Crippen LogP) is 4.79. The van der Waals surface area contributed by atoms with Gasteiger partial charge in [0.2, 0.25) is 11.9 Å². The molecule has 0 radical (unpaired) electrons. The topological polar surface area (TPSA) is 96.2 Å². The minimum absolute atomic E-state index is 0.240. The number of benzene rings is 2. The molecule has 0 saturated heterocycles. The van der Waals surface area contributed by atoms with E-state index in [0.29, 0.717) is 23.1 Å². The van der Waals surface area contributed by atoms with Gasteiger partial charge >= 0.3 is 0 Å². The molecule has 2 N–H and O–H groups in total. The summed E-state index contributed by atoms with van der Waals surface area (Å²) in [5.41, 5.74) is 4.48. The number of fused-ring (bicyclic) bond motifs is 1. The van der Waals surface area contributed by atoms with Crippen LogP contribution >= 0.6 is 15.9 Å². The number of furan rings is 1. The number of hydrogen-bond acceptors (Lipinski definition) is 7. The molecule has 0 unspecified atom stereocenters. The smallest absolute Gasteiger partial charge is 0.258 e. The number of carbonyl (C=O) groups excluding carboxylic acids is 1. The van der Waals surface area contributed by atoms with Crippen LogP contribution in [0.15, 0.2) is 76.3 Å². The van der Waals surface area contributed by atoms with E-state index in [0.717, 1.165) is 29.7 Å². The second-order valence-electron chi connectivity index (χ2n) is 7.37. The van der Waals surface area contributed by atoms with Crippen LogP contribution in [0.25, 0.3) is 0 Å². The molecule has 1 aliphatic rings. The minimum Gasteiger partial charge on any atom is -0.472 e. The highest BCUT2D eigenvalue weighted by Crippen LogP contribution is 2.26. The molecule has 32 heavy (non-hydrogen) atoms. The maximum atomic E-state index is 12.2. The van der Waals surface area contributed by atoms with Crippen LogP contribution in [0, 0.1) is 0 Å². The molecule has 0 bridgehead atoms. The van der Waals surface area contributed by atoms with Gasteiger partial charge in [-0.2, -0.15) is 4.98 Å². The first-order chi connectivity index (χ1) is 15.6. The highest BCUT2D eigenvalue weighted by Gasteiger charge is 2.19. The number of rotatable bonds is 5. The fourth-order valence-electron chi connectivity index (χ4n) is 3.59. The fourth-order valence-corrected chi connectivity index (χ4v) is 4.00. The first kappa shape index (κ1) is 20.2. The molecule has 0 fully saturated rings. The summed E-state index contributed by atoms with van der Waals surface area (Å²) in [6, 6.07) is 15.3. The van der Waals surface area contributed by atoms with Gasteiger partial charge in [0.25, 0.3) is 5.91 Å². The summed E-state index contributed by atoms with van der Waals surface area (Å²) in [6.45, 7) is 1.59. The lowest BCUT2D eigenvalue weighted by atomic mass is 10.0. The average Bonchev–Trinajstić information content (AvgIpc) is 3.34. The molecule has 0 saturated carbocycles. The highest BCUT2D eigenvalue weighted by molar-refractivity contribution is 9.10. The van der Waals surface area contributed by atoms with Gasteiger partial charge in [-0.1, -0.05) is 28.1 Å². The molecule has 2 aromatic heterocycles. The van der Waals surface area contributed by atoms with Gasteiger partial charge in [-0.3, -0.25) is 4.79 Å². The van der Waals surface area contributed by atoms with Gasteiger partial charge in [0.1, 0.15) is 12.6 Å². The average molecular weight is 491 g/mol. The van der Waals surface area contributed by atoms with E-state index in [4.69, 9.17) is 4.42 Å². The van der Waals surface area contributed by atoms with E-state index in [9.17, 15) is 4.79 Å². The summed E-state index contributed by atoms with van der Waals surface area (Å²) in [4.78, 5) is 27.6. The number of nitrogens with zero attached hydrogens (tertiary/aromatic N) is 4. The van der Waals surface area contributed by atoms with Gasteiger partial charge in [0, 0.05) is 28.9 Å². The van der Waals surface area contributed by atoms with Crippen LogP contribution in [-0.2, 0) is 13.0 Å². The molecule has 0 spiro atoms. The van der Waals surface area contributed by atoms with Crippen molar-refractivity contribution in [1.29, 1.82) is 0 Å². The van der Waals surface area contributed by atoms with Crippen LogP contribution < -0.4 is 15.5 Å². The lowest BCUT2D eigenvalue weighted by Crippen LogP contribution is -2.32. The van der Waals surface area contributed by atoms with Crippen molar-refractivity contribution in [1.82, 2.24) is 15.0 Å². The standard InChI is InChI=1S/C23H19BrN6O2/c24-18-5-4-16-12-30(8-6-15(16)10-18)23-26-14-25-22(29-23)28-20-3-1-2-19(11-20)27-21(31)17-7-9-32-13-17/h1-5,7,9-11,13-14H,6,8,12H2,(H,27,31)(H,25,26,28,29). The van der Waals surface area contributed by atoms with Crippen molar-refractivity contribution in [2.24, 2.45) is 0 Å². The van der Waals surface area contributed by atoms with E-state index in [1.54, 1.807) is 6.07 Å². The van der Waals surface area contributed by atoms with E-state index in [1.165, 1.54) is 30.0 Å². The van der Waals surface area contributed by atoms with Gasteiger partial charge in [-0.25, -0.2) is 9.97 Å². The Kier molecular flexibility index (Phi) is 5.55. The number of nitrogens with one attached hydrogen (secondary N) is 2. The zero-order chi connectivity index (χ0) is 21.9. The zero-order valence-electron chi connectivity index (χ0n) is 17.0. The van der Waals surface area contributed by atoms with E-state index >= 15 is 0 Å². The SMILES string of the molecule is O=C(Nc1cccc(Nc2ncnc(N3CCc4cc(Br)ccc4C3)n2)c1)c1ccoc1. The fraction of sp³-hybridized carbons (Fsp3) is 0.130. The van der Waals surface area contributed by atoms with Crippen LogP contribution in [0.1, 0.15) is 21.5 Å². The Labute approximate surface area is 192 Å². The molecule has 2 aromatic carbocycles. The Morgan fingerprint density at radius 3 is 2.84 bits per heavy atom. The van der Waals surface area contributed by atoms with Gasteiger partial charge < -0.3 is 20.0 Å². The van der Waals surface area contributed by atoms with Crippen molar-refractivity contribution in [2.75, 3.05) is 22.1 Å². The predicted molar refractivity (Wildman–Crippen MR) is 125 cm³/mol. The summed E-state index contributed by atoms with van der Waals surface area (Å²) < 4.78 is 6.06. The molecule has 3 heterocycles. The Bertz CT molecular complexity index is 1260. The van der Waals surface area contributed by atoms with E-state index in [2.05, 4.69) is 64.6 Å². The quantitative estimate of drug-likeness (QED) is 0.415. The summed E-state index contributed by atoms with van der Waals surface area (Å²) in [7, 11) is 0. The number of hydrogen-bond donors (Lipinski definition) is 2. The molecule has 1 aliphatic heterocycles. The third kappa shape index (κ3) is 4.47. The molecule has 9 heteroatoms. The summed E-state index contributed by atoms with van der Waals surface area (Å²) >= 11 is 3.54. The summed E-state index contributed by atoms with van der Waals surface area (Å²) in [5.74, 6) is 0.825. The Hall–Kier alpha value is -3.72. The van der Waals surface area contributed by atoms with Crippen LogP contribution in [0.4, 0.5) is 23.3 Å². The zero-order valence-corrected chi connectivity index (χ0v) is 18.5. The van der Waals surface area contributed by atoms with Gasteiger partial charge in [-0.05, 0) is 53.9 Å². The number of carbonyl (C=O) groups is 1. The van der Waals surface area contributed by atoms with Gasteiger partial charge in [0.15, 0.2) is 0 Å². The van der Waals surface area contributed by atoms with E-state index in [-0.39, 0.29) is 5.91 Å². The molecule has 1 amide bonds. The Morgan fingerprint density at radius 1 is 1.06 bits per heavy atom. The second kappa shape index (κ2) is 8.80. The maximum absolute atomic E-state index is 12.2. The van der Waals surface area contributed by atoms with Gasteiger partial charge in [-0.15, -0.1) is 0 Å². The normalized spacial score (nSPS) is 12.8. The Balaban J connectivity index is 1.29. The first-order valence-electron chi connectivity index (χ1n) is 10.1.